The number of aromatic nitrogens is 2. The molecule has 4 atom stereocenters. The lowest BCUT2D eigenvalue weighted by molar-refractivity contribution is -0.0235. The van der Waals surface area contributed by atoms with Crippen molar-refractivity contribution in [2.45, 2.75) is 38.8 Å². The van der Waals surface area contributed by atoms with Crippen LogP contribution in [-0.4, -0.2) is 21.8 Å². The van der Waals surface area contributed by atoms with E-state index in [4.69, 9.17) is 10.5 Å². The molecule has 0 radical (unpaired) electrons. The van der Waals surface area contributed by atoms with E-state index in [1.165, 1.54) is 12.3 Å². The number of alkyl halides is 1. The van der Waals surface area contributed by atoms with Gasteiger partial charge in [0, 0.05) is 12.1 Å². The van der Waals surface area contributed by atoms with Crippen LogP contribution in [0.25, 0.3) is 0 Å². The van der Waals surface area contributed by atoms with Gasteiger partial charge in [-0.15, -0.1) is 0 Å². The summed E-state index contributed by atoms with van der Waals surface area (Å²) in [6.07, 6.45) is -0.125. The molecule has 1 saturated heterocycles. The number of nitrogen functional groups attached to an aromatic ring is 1. The van der Waals surface area contributed by atoms with Crippen LogP contribution in [-0.2, 0) is 4.74 Å². The second kappa shape index (κ2) is 4.44. The van der Waals surface area contributed by atoms with Gasteiger partial charge in [-0.2, -0.15) is 4.98 Å². The van der Waals surface area contributed by atoms with Crippen LogP contribution >= 0.6 is 0 Å². The molecule has 6 heteroatoms. The molecule has 94 valence electrons. The number of nitrogens with zero attached hydrogens (tertiary/aromatic N) is 2. The fourth-order valence-corrected chi connectivity index (χ4v) is 2.15. The van der Waals surface area contributed by atoms with E-state index in [1.807, 2.05) is 6.92 Å². The van der Waals surface area contributed by atoms with Crippen molar-refractivity contribution in [1.29, 1.82) is 0 Å². The first-order valence-electron chi connectivity index (χ1n) is 5.68. The quantitative estimate of drug-likeness (QED) is 0.842. The van der Waals surface area contributed by atoms with Gasteiger partial charge in [-0.25, -0.2) is 9.18 Å². The molecule has 1 aromatic rings. The van der Waals surface area contributed by atoms with Gasteiger partial charge in [0.15, 0.2) is 12.4 Å². The summed E-state index contributed by atoms with van der Waals surface area (Å²) in [6.45, 7) is 3.72. The van der Waals surface area contributed by atoms with E-state index >= 15 is 0 Å². The Morgan fingerprint density at radius 3 is 2.88 bits per heavy atom. The van der Waals surface area contributed by atoms with E-state index in [1.54, 1.807) is 6.92 Å². The minimum atomic E-state index is -1.21. The number of hydrogen-bond acceptors (Lipinski definition) is 4. The topological polar surface area (TPSA) is 70.1 Å². The Balaban J connectivity index is 2.32. The standard InChI is InChI=1S/C11H16FN3O2/c1-3-7-6(2)9(12)10(17-7)15-5-4-8(13)14-11(15)16/h4-7,9-10H,3H2,1-2H3,(H2,13,14,16)/t6?,7-,9+,10-/m1/s1. The highest BCUT2D eigenvalue weighted by Gasteiger charge is 2.42. The molecule has 1 fully saturated rings. The van der Waals surface area contributed by atoms with E-state index in [0.717, 1.165) is 11.0 Å². The normalized spacial score (nSPS) is 32.9. The highest BCUT2D eigenvalue weighted by Crippen LogP contribution is 2.36. The molecule has 0 saturated carbocycles. The number of anilines is 1. The van der Waals surface area contributed by atoms with E-state index in [0.29, 0.717) is 0 Å². The molecule has 0 aliphatic carbocycles. The second-order valence-electron chi connectivity index (χ2n) is 4.32. The van der Waals surface area contributed by atoms with Crippen LogP contribution < -0.4 is 11.4 Å². The third-order valence-corrected chi connectivity index (χ3v) is 3.20. The maximum atomic E-state index is 14.0. The van der Waals surface area contributed by atoms with Gasteiger partial charge in [-0.3, -0.25) is 4.57 Å². The first-order valence-corrected chi connectivity index (χ1v) is 5.68. The summed E-state index contributed by atoms with van der Waals surface area (Å²) < 4.78 is 20.8. The van der Waals surface area contributed by atoms with Crippen molar-refractivity contribution in [3.8, 4) is 0 Å². The lowest BCUT2D eigenvalue weighted by atomic mass is 10.00. The number of nitrogens with two attached hydrogens (primary N) is 1. The maximum absolute atomic E-state index is 14.0. The van der Waals surface area contributed by atoms with E-state index < -0.39 is 18.1 Å². The molecule has 2 N–H and O–H groups in total. The van der Waals surface area contributed by atoms with Crippen LogP contribution in [0.4, 0.5) is 10.2 Å². The summed E-state index contributed by atoms with van der Waals surface area (Å²) in [4.78, 5) is 15.2. The summed E-state index contributed by atoms with van der Waals surface area (Å²) in [5.74, 6) is -0.103. The molecular weight excluding hydrogens is 225 g/mol. The Morgan fingerprint density at radius 1 is 1.65 bits per heavy atom. The smallest absolute Gasteiger partial charge is 0.351 e. The zero-order valence-corrected chi connectivity index (χ0v) is 9.84. The van der Waals surface area contributed by atoms with Crippen molar-refractivity contribution in [2.24, 2.45) is 5.92 Å². The predicted molar refractivity (Wildman–Crippen MR) is 61.2 cm³/mol. The predicted octanol–water partition coefficient (Wildman–Crippen LogP) is 1.11. The lowest BCUT2D eigenvalue weighted by Crippen LogP contribution is -2.31. The van der Waals surface area contributed by atoms with Gasteiger partial charge < -0.3 is 10.5 Å². The van der Waals surface area contributed by atoms with Gasteiger partial charge in [-0.1, -0.05) is 13.8 Å². The fraction of sp³-hybridized carbons (Fsp3) is 0.636. The molecule has 17 heavy (non-hydrogen) atoms. The first kappa shape index (κ1) is 12.0. The fourth-order valence-electron chi connectivity index (χ4n) is 2.15. The molecule has 1 aliphatic rings. The van der Waals surface area contributed by atoms with Crippen LogP contribution in [0, 0.1) is 5.92 Å². The van der Waals surface area contributed by atoms with Gasteiger partial charge in [-0.05, 0) is 12.5 Å². The van der Waals surface area contributed by atoms with Gasteiger partial charge in [0.1, 0.15) is 5.82 Å². The van der Waals surface area contributed by atoms with Gasteiger partial charge in [0.05, 0.1) is 6.10 Å². The minimum absolute atomic E-state index is 0.125. The number of hydrogen-bond donors (Lipinski definition) is 1. The minimum Gasteiger partial charge on any atom is -0.383 e. The van der Waals surface area contributed by atoms with E-state index in [-0.39, 0.29) is 17.8 Å². The Bertz CT molecular complexity index is 462. The lowest BCUT2D eigenvalue weighted by Gasteiger charge is -2.15. The Labute approximate surface area is 98.4 Å². The summed E-state index contributed by atoms with van der Waals surface area (Å²) in [5.41, 5.74) is 4.80. The molecule has 1 unspecified atom stereocenters. The van der Waals surface area contributed by atoms with Crippen molar-refractivity contribution in [2.75, 3.05) is 5.73 Å². The Kier molecular flexibility index (Phi) is 3.15. The SMILES string of the molecule is CC[C@H]1O[C@@H](n2ccc(N)nc2=O)[C@@H](F)C1C. The van der Waals surface area contributed by atoms with E-state index in [2.05, 4.69) is 4.98 Å². The molecule has 1 aliphatic heterocycles. The summed E-state index contributed by atoms with van der Waals surface area (Å²) >= 11 is 0. The molecule has 1 aromatic heterocycles. The Hall–Kier alpha value is -1.43. The van der Waals surface area contributed by atoms with Gasteiger partial charge in [0.2, 0.25) is 0 Å². The summed E-state index contributed by atoms with van der Waals surface area (Å²) in [6, 6.07) is 1.46. The molecule has 5 nitrogen and oxygen atoms in total. The van der Waals surface area contributed by atoms with E-state index in [9.17, 15) is 9.18 Å². The average Bonchev–Trinajstić information content (AvgIpc) is 2.57. The average molecular weight is 241 g/mol. The molecule has 2 rings (SSSR count). The Morgan fingerprint density at radius 2 is 2.35 bits per heavy atom. The molecule has 0 amide bonds. The van der Waals surface area contributed by atoms with Crippen molar-refractivity contribution in [3.63, 3.8) is 0 Å². The third kappa shape index (κ3) is 2.04. The molecule has 0 bridgehead atoms. The highest BCUT2D eigenvalue weighted by molar-refractivity contribution is 5.23. The van der Waals surface area contributed by atoms with Crippen molar-refractivity contribution >= 4 is 5.82 Å². The third-order valence-electron chi connectivity index (χ3n) is 3.20. The van der Waals surface area contributed by atoms with Crippen LogP contribution in [0.15, 0.2) is 17.1 Å². The van der Waals surface area contributed by atoms with Gasteiger partial charge >= 0.3 is 5.69 Å². The van der Waals surface area contributed by atoms with Crippen molar-refractivity contribution < 1.29 is 9.13 Å². The monoisotopic (exact) mass is 241 g/mol. The van der Waals surface area contributed by atoms with Crippen LogP contribution in [0.1, 0.15) is 26.5 Å². The number of ether oxygens (including phenoxy) is 1. The highest BCUT2D eigenvalue weighted by atomic mass is 19.1. The zero-order valence-electron chi connectivity index (χ0n) is 9.84. The summed E-state index contributed by atoms with van der Waals surface area (Å²) in [7, 11) is 0. The van der Waals surface area contributed by atoms with Gasteiger partial charge in [0.25, 0.3) is 0 Å². The largest absolute Gasteiger partial charge is 0.383 e. The van der Waals surface area contributed by atoms with Crippen molar-refractivity contribution in [1.82, 2.24) is 9.55 Å². The van der Waals surface area contributed by atoms with Crippen LogP contribution in [0.2, 0.25) is 0 Å². The number of rotatable bonds is 2. The van der Waals surface area contributed by atoms with Crippen LogP contribution in [0.3, 0.4) is 0 Å². The molecule has 0 spiro atoms. The number of halogens is 1. The summed E-state index contributed by atoms with van der Waals surface area (Å²) in [5, 5.41) is 0. The van der Waals surface area contributed by atoms with Crippen molar-refractivity contribution in [3.05, 3.63) is 22.7 Å². The molecule has 0 aromatic carbocycles. The zero-order chi connectivity index (χ0) is 12.6. The molecule has 2 heterocycles. The maximum Gasteiger partial charge on any atom is 0.351 e. The molecular formula is C11H16FN3O2. The first-order chi connectivity index (χ1) is 8.04. The van der Waals surface area contributed by atoms with Crippen LogP contribution in [0.5, 0.6) is 0 Å². The second-order valence-corrected chi connectivity index (χ2v) is 4.32.